The van der Waals surface area contributed by atoms with E-state index < -0.39 is 0 Å². The Morgan fingerprint density at radius 3 is 3.05 bits per heavy atom. The molecule has 0 spiro atoms. The average Bonchev–Trinajstić information content (AvgIpc) is 3.23. The molecule has 2 aromatic rings. The lowest BCUT2D eigenvalue weighted by Crippen LogP contribution is -2.15. The van der Waals surface area contributed by atoms with Gasteiger partial charge in [-0.1, -0.05) is 0 Å². The van der Waals surface area contributed by atoms with Crippen LogP contribution in [0, 0.1) is 0 Å². The SMILES string of the molecule is O=C(Nc1n[nH]c([C@H]2CCCO2)n1)c1n[nH]c2c1CCC2. The predicted octanol–water partition coefficient (Wildman–Crippen LogP) is 1.12. The topological polar surface area (TPSA) is 109 Å². The highest BCUT2D eigenvalue weighted by Gasteiger charge is 2.25. The minimum absolute atomic E-state index is 0.0437. The largest absolute Gasteiger partial charge is 0.370 e. The second-order valence-corrected chi connectivity index (χ2v) is 5.38. The molecule has 1 saturated heterocycles. The maximum atomic E-state index is 12.2. The van der Waals surface area contributed by atoms with Crippen molar-refractivity contribution in [2.45, 2.75) is 38.2 Å². The number of rotatable bonds is 3. The van der Waals surface area contributed by atoms with Gasteiger partial charge in [0, 0.05) is 17.9 Å². The molecule has 110 valence electrons. The summed E-state index contributed by atoms with van der Waals surface area (Å²) in [5.41, 5.74) is 2.53. The van der Waals surface area contributed by atoms with E-state index in [1.807, 2.05) is 0 Å². The van der Waals surface area contributed by atoms with E-state index in [-0.39, 0.29) is 18.0 Å². The van der Waals surface area contributed by atoms with Crippen LogP contribution in [0.15, 0.2) is 0 Å². The summed E-state index contributed by atoms with van der Waals surface area (Å²) in [4.78, 5) is 16.5. The lowest BCUT2D eigenvalue weighted by molar-refractivity contribution is 0.101. The summed E-state index contributed by atoms with van der Waals surface area (Å²) < 4.78 is 5.53. The van der Waals surface area contributed by atoms with Crippen molar-refractivity contribution >= 4 is 11.9 Å². The van der Waals surface area contributed by atoms with E-state index in [2.05, 4.69) is 30.7 Å². The van der Waals surface area contributed by atoms with Crippen LogP contribution in [0.4, 0.5) is 5.95 Å². The van der Waals surface area contributed by atoms with Crippen molar-refractivity contribution in [1.82, 2.24) is 25.4 Å². The number of hydrogen-bond donors (Lipinski definition) is 3. The molecule has 8 nitrogen and oxygen atoms in total. The highest BCUT2D eigenvalue weighted by Crippen LogP contribution is 2.26. The molecular formula is C13H16N6O2. The predicted molar refractivity (Wildman–Crippen MR) is 72.9 cm³/mol. The molecule has 1 amide bonds. The third-order valence-electron chi connectivity index (χ3n) is 3.98. The van der Waals surface area contributed by atoms with Crippen LogP contribution in [0.2, 0.25) is 0 Å². The van der Waals surface area contributed by atoms with Crippen molar-refractivity contribution in [3.05, 3.63) is 22.8 Å². The van der Waals surface area contributed by atoms with Gasteiger partial charge in [0.15, 0.2) is 11.5 Å². The minimum atomic E-state index is -0.271. The van der Waals surface area contributed by atoms with Gasteiger partial charge in [-0.2, -0.15) is 10.1 Å². The summed E-state index contributed by atoms with van der Waals surface area (Å²) >= 11 is 0. The Balaban J connectivity index is 1.49. The van der Waals surface area contributed by atoms with Gasteiger partial charge in [0.1, 0.15) is 6.10 Å². The van der Waals surface area contributed by atoms with Gasteiger partial charge in [-0.05, 0) is 32.1 Å². The molecule has 2 aliphatic rings. The Kier molecular flexibility index (Phi) is 2.95. The number of nitrogens with one attached hydrogen (secondary N) is 3. The number of aromatic amines is 2. The van der Waals surface area contributed by atoms with Crippen LogP contribution in [0.1, 0.15) is 52.9 Å². The van der Waals surface area contributed by atoms with Crippen LogP contribution in [-0.4, -0.2) is 37.9 Å². The Labute approximate surface area is 120 Å². The van der Waals surface area contributed by atoms with Gasteiger partial charge in [0.2, 0.25) is 5.95 Å². The van der Waals surface area contributed by atoms with Gasteiger partial charge in [0.25, 0.3) is 5.91 Å². The quantitative estimate of drug-likeness (QED) is 0.784. The molecule has 0 aromatic carbocycles. The summed E-state index contributed by atoms with van der Waals surface area (Å²) in [6.07, 6.45) is 4.82. The number of anilines is 1. The number of amides is 1. The standard InChI is InChI=1S/C13H16N6O2/c20-12(10-7-3-1-4-8(7)16-17-10)15-13-14-11(18-19-13)9-5-2-6-21-9/h9H,1-6H2,(H,16,17)(H2,14,15,18,19,20)/t9-/m1/s1. The van der Waals surface area contributed by atoms with Crippen LogP contribution < -0.4 is 5.32 Å². The molecular weight excluding hydrogens is 272 g/mol. The summed E-state index contributed by atoms with van der Waals surface area (Å²) in [7, 11) is 0. The molecule has 1 aliphatic carbocycles. The number of fused-ring (bicyclic) bond motifs is 1. The molecule has 1 aliphatic heterocycles. The van der Waals surface area contributed by atoms with Crippen LogP contribution in [-0.2, 0) is 17.6 Å². The fourth-order valence-corrected chi connectivity index (χ4v) is 2.94. The second-order valence-electron chi connectivity index (χ2n) is 5.38. The lowest BCUT2D eigenvalue weighted by Gasteiger charge is -2.03. The number of H-pyrrole nitrogens is 2. The van der Waals surface area contributed by atoms with E-state index in [0.29, 0.717) is 11.5 Å². The smallest absolute Gasteiger partial charge is 0.278 e. The van der Waals surface area contributed by atoms with Crippen molar-refractivity contribution in [2.24, 2.45) is 0 Å². The fourth-order valence-electron chi connectivity index (χ4n) is 2.94. The first-order valence-electron chi connectivity index (χ1n) is 7.22. The number of nitrogens with zero attached hydrogens (tertiary/aromatic N) is 3. The van der Waals surface area contributed by atoms with Gasteiger partial charge in [-0.3, -0.25) is 20.3 Å². The first-order valence-corrected chi connectivity index (χ1v) is 7.22. The molecule has 8 heteroatoms. The highest BCUT2D eigenvalue weighted by atomic mass is 16.5. The third kappa shape index (κ3) is 2.21. The third-order valence-corrected chi connectivity index (χ3v) is 3.98. The zero-order valence-corrected chi connectivity index (χ0v) is 11.5. The van der Waals surface area contributed by atoms with Crippen LogP contribution in [0.25, 0.3) is 0 Å². The molecule has 1 atom stereocenters. The summed E-state index contributed by atoms with van der Waals surface area (Å²) in [6.45, 7) is 0.743. The van der Waals surface area contributed by atoms with Crippen LogP contribution in [0.5, 0.6) is 0 Å². The Bertz CT molecular complexity index is 670. The molecule has 3 N–H and O–H groups in total. The zero-order valence-electron chi connectivity index (χ0n) is 11.5. The lowest BCUT2D eigenvalue weighted by atomic mass is 10.2. The summed E-state index contributed by atoms with van der Waals surface area (Å²) in [6, 6.07) is 0. The van der Waals surface area contributed by atoms with E-state index in [9.17, 15) is 4.79 Å². The van der Waals surface area contributed by atoms with Gasteiger partial charge >= 0.3 is 0 Å². The maximum absolute atomic E-state index is 12.2. The zero-order chi connectivity index (χ0) is 14.2. The second kappa shape index (κ2) is 4.96. The number of carbonyl (C=O) groups excluding carboxylic acids is 1. The molecule has 0 bridgehead atoms. The summed E-state index contributed by atoms with van der Waals surface area (Å²) in [5, 5.41) is 16.5. The Morgan fingerprint density at radius 2 is 2.19 bits per heavy atom. The van der Waals surface area contributed by atoms with Gasteiger partial charge in [-0.25, -0.2) is 0 Å². The highest BCUT2D eigenvalue weighted by molar-refractivity contribution is 6.03. The fraction of sp³-hybridized carbons (Fsp3) is 0.538. The van der Waals surface area contributed by atoms with E-state index >= 15 is 0 Å². The van der Waals surface area contributed by atoms with E-state index in [1.165, 1.54) is 0 Å². The molecule has 4 rings (SSSR count). The number of aromatic nitrogens is 5. The normalized spacial score (nSPS) is 20.7. The Morgan fingerprint density at radius 1 is 1.24 bits per heavy atom. The van der Waals surface area contributed by atoms with Crippen molar-refractivity contribution in [3.8, 4) is 0 Å². The average molecular weight is 288 g/mol. The molecule has 0 unspecified atom stereocenters. The van der Waals surface area contributed by atoms with Gasteiger partial charge < -0.3 is 4.74 Å². The van der Waals surface area contributed by atoms with Crippen molar-refractivity contribution < 1.29 is 9.53 Å². The van der Waals surface area contributed by atoms with Crippen LogP contribution in [0.3, 0.4) is 0 Å². The van der Waals surface area contributed by atoms with Gasteiger partial charge in [-0.15, -0.1) is 5.10 Å². The number of carbonyl (C=O) groups is 1. The maximum Gasteiger partial charge on any atom is 0.278 e. The molecule has 3 heterocycles. The van der Waals surface area contributed by atoms with Crippen LogP contribution >= 0.6 is 0 Å². The van der Waals surface area contributed by atoms with E-state index in [1.54, 1.807) is 0 Å². The summed E-state index contributed by atoms with van der Waals surface area (Å²) in [5.74, 6) is 0.655. The van der Waals surface area contributed by atoms with Crippen molar-refractivity contribution in [1.29, 1.82) is 0 Å². The van der Waals surface area contributed by atoms with E-state index in [4.69, 9.17) is 4.74 Å². The van der Waals surface area contributed by atoms with E-state index in [0.717, 1.165) is 50.0 Å². The molecule has 0 radical (unpaired) electrons. The Hall–Kier alpha value is -2.22. The number of ether oxygens (including phenoxy) is 1. The van der Waals surface area contributed by atoms with Crippen molar-refractivity contribution in [3.63, 3.8) is 0 Å². The first-order chi connectivity index (χ1) is 10.3. The number of hydrogen-bond acceptors (Lipinski definition) is 5. The number of aryl methyl sites for hydroxylation is 1. The minimum Gasteiger partial charge on any atom is -0.370 e. The molecule has 1 fully saturated rings. The van der Waals surface area contributed by atoms with Crippen molar-refractivity contribution in [2.75, 3.05) is 11.9 Å². The molecule has 21 heavy (non-hydrogen) atoms. The first kappa shape index (κ1) is 12.5. The molecule has 2 aromatic heterocycles. The molecule has 0 saturated carbocycles. The van der Waals surface area contributed by atoms with Gasteiger partial charge in [0.05, 0.1) is 0 Å². The monoisotopic (exact) mass is 288 g/mol.